The summed E-state index contributed by atoms with van der Waals surface area (Å²) in [6.45, 7) is 5.51. The molecule has 1 fully saturated rings. The van der Waals surface area contributed by atoms with Gasteiger partial charge in [0, 0.05) is 44.0 Å². The fourth-order valence-electron chi connectivity index (χ4n) is 4.49. The molecule has 1 aromatic rings. The van der Waals surface area contributed by atoms with Gasteiger partial charge < -0.3 is 14.2 Å². The van der Waals surface area contributed by atoms with Crippen LogP contribution in [0.4, 0.5) is 5.69 Å². The molecule has 5 rings (SSSR count). The van der Waals surface area contributed by atoms with Crippen LogP contribution >= 0.6 is 0 Å². The summed E-state index contributed by atoms with van der Waals surface area (Å²) in [5.41, 5.74) is 5.36. The fourth-order valence-corrected chi connectivity index (χ4v) is 4.49. The Labute approximate surface area is 161 Å². The van der Waals surface area contributed by atoms with Crippen molar-refractivity contribution in [1.82, 2.24) is 9.80 Å². The number of piperazine rings is 1. The van der Waals surface area contributed by atoms with E-state index in [2.05, 4.69) is 77.3 Å². The van der Waals surface area contributed by atoms with Crippen LogP contribution in [0.15, 0.2) is 52.9 Å². The molecular weight excluding hydrogens is 334 g/mol. The molecule has 0 aromatic heterocycles. The van der Waals surface area contributed by atoms with Crippen LogP contribution in [0, 0.1) is 0 Å². The summed E-state index contributed by atoms with van der Waals surface area (Å²) in [7, 11) is 4.41. The van der Waals surface area contributed by atoms with Gasteiger partial charge in [-0.3, -0.25) is 4.90 Å². The molecule has 4 nitrogen and oxygen atoms in total. The smallest absolute Gasteiger partial charge is 0.134 e. The van der Waals surface area contributed by atoms with Crippen LogP contribution in [0.2, 0.25) is 0 Å². The van der Waals surface area contributed by atoms with Crippen molar-refractivity contribution >= 4 is 5.69 Å². The molecule has 0 N–H and O–H groups in total. The summed E-state index contributed by atoms with van der Waals surface area (Å²) in [5, 5.41) is 0. The van der Waals surface area contributed by atoms with E-state index in [-0.39, 0.29) is 6.04 Å². The lowest BCUT2D eigenvalue weighted by Gasteiger charge is -2.37. The summed E-state index contributed by atoms with van der Waals surface area (Å²) in [4.78, 5) is 7.34. The summed E-state index contributed by atoms with van der Waals surface area (Å²) in [6.07, 6.45) is 1.10. The zero-order valence-electron chi connectivity index (χ0n) is 16.2. The Balaban J connectivity index is 1.54. The monoisotopic (exact) mass is 361 g/mol. The van der Waals surface area contributed by atoms with Crippen LogP contribution < -0.4 is 4.90 Å². The molecule has 1 saturated heterocycles. The minimum atomic E-state index is 0.181. The highest BCUT2D eigenvalue weighted by molar-refractivity contribution is 5.61. The zero-order valence-corrected chi connectivity index (χ0v) is 16.2. The topological polar surface area (TPSA) is 22.9 Å². The van der Waals surface area contributed by atoms with E-state index in [0.717, 1.165) is 50.7 Å². The van der Waals surface area contributed by atoms with Crippen LogP contribution in [0.3, 0.4) is 0 Å². The second-order valence-electron chi connectivity index (χ2n) is 7.99. The van der Waals surface area contributed by atoms with E-state index >= 15 is 0 Å². The molecule has 1 unspecified atom stereocenters. The maximum atomic E-state index is 6.31. The molecule has 0 amide bonds. The van der Waals surface area contributed by atoms with Crippen molar-refractivity contribution < 1.29 is 4.42 Å². The third-order valence-electron chi connectivity index (χ3n) is 6.20. The molecule has 0 saturated carbocycles. The molecule has 27 heavy (non-hydrogen) atoms. The van der Waals surface area contributed by atoms with E-state index in [4.69, 9.17) is 4.42 Å². The number of rotatable bonds is 2. The number of hydrogen-bond donors (Lipinski definition) is 0. The van der Waals surface area contributed by atoms with Crippen LogP contribution in [-0.4, -0.2) is 56.6 Å². The summed E-state index contributed by atoms with van der Waals surface area (Å²) in [5.74, 6) is 2.01. The summed E-state index contributed by atoms with van der Waals surface area (Å²) < 4.78 is 6.31. The van der Waals surface area contributed by atoms with Gasteiger partial charge in [0.05, 0.1) is 6.04 Å². The first kappa shape index (κ1) is 16.8. The lowest BCUT2D eigenvalue weighted by molar-refractivity contribution is 0.234. The molecule has 4 aliphatic rings. The predicted octanol–water partition coefficient (Wildman–Crippen LogP) is 3.71. The maximum Gasteiger partial charge on any atom is 0.134 e. The van der Waals surface area contributed by atoms with Crippen molar-refractivity contribution in [3.63, 3.8) is 0 Å². The zero-order chi connectivity index (χ0) is 18.4. The molecule has 1 aromatic carbocycles. The van der Waals surface area contributed by atoms with Gasteiger partial charge >= 0.3 is 0 Å². The molecule has 3 heterocycles. The maximum absolute atomic E-state index is 6.31. The van der Waals surface area contributed by atoms with E-state index in [9.17, 15) is 0 Å². The average Bonchev–Trinajstić information content (AvgIpc) is 3.16. The number of likely N-dealkylation sites (N-methyl/N-ethyl adjacent to an activating group) is 2. The van der Waals surface area contributed by atoms with E-state index in [1.165, 1.54) is 22.4 Å². The van der Waals surface area contributed by atoms with Gasteiger partial charge in [0.15, 0.2) is 0 Å². The number of nitrogens with zero attached hydrogens (tertiary/aromatic N) is 3. The first-order chi connectivity index (χ1) is 13.2. The van der Waals surface area contributed by atoms with Crippen LogP contribution in [-0.2, 0) is 6.42 Å². The Bertz CT molecular complexity index is 910. The molecule has 1 atom stereocenters. The fraction of sp³-hybridized carbons (Fsp3) is 0.391. The molecule has 0 spiro atoms. The largest absolute Gasteiger partial charge is 0.459 e. The van der Waals surface area contributed by atoms with Crippen molar-refractivity contribution in [2.24, 2.45) is 0 Å². The Morgan fingerprint density at radius 1 is 0.889 bits per heavy atom. The second kappa shape index (κ2) is 6.70. The Morgan fingerprint density at radius 2 is 1.74 bits per heavy atom. The Kier molecular flexibility index (Phi) is 4.18. The molecule has 0 radical (unpaired) electrons. The highest BCUT2D eigenvalue weighted by atomic mass is 16.3. The third-order valence-corrected chi connectivity index (χ3v) is 6.20. The lowest BCUT2D eigenvalue weighted by atomic mass is 9.90. The minimum absolute atomic E-state index is 0.181. The van der Waals surface area contributed by atoms with E-state index in [1.807, 2.05) is 0 Å². The van der Waals surface area contributed by atoms with E-state index in [1.54, 1.807) is 0 Å². The molecular formula is C23H27N3O. The van der Waals surface area contributed by atoms with Crippen molar-refractivity contribution in [2.45, 2.75) is 12.5 Å². The molecule has 3 aliphatic heterocycles. The van der Waals surface area contributed by atoms with Crippen molar-refractivity contribution in [3.8, 4) is 11.3 Å². The van der Waals surface area contributed by atoms with Crippen LogP contribution in [0.1, 0.15) is 22.9 Å². The molecule has 1 aliphatic carbocycles. The van der Waals surface area contributed by atoms with E-state index < -0.39 is 0 Å². The quantitative estimate of drug-likeness (QED) is 0.694. The van der Waals surface area contributed by atoms with Gasteiger partial charge in [-0.2, -0.15) is 0 Å². The number of fused-ring (bicyclic) bond motifs is 2. The van der Waals surface area contributed by atoms with Gasteiger partial charge in [0.2, 0.25) is 0 Å². The number of benzene rings is 1. The molecule has 0 bridgehead atoms. The highest BCUT2D eigenvalue weighted by Gasteiger charge is 2.29. The van der Waals surface area contributed by atoms with Gasteiger partial charge in [-0.25, -0.2) is 0 Å². The van der Waals surface area contributed by atoms with Crippen molar-refractivity contribution in [3.05, 3.63) is 65.4 Å². The summed E-state index contributed by atoms with van der Waals surface area (Å²) >= 11 is 0. The van der Waals surface area contributed by atoms with Gasteiger partial charge in [0.25, 0.3) is 0 Å². The van der Waals surface area contributed by atoms with Crippen molar-refractivity contribution in [1.29, 1.82) is 0 Å². The van der Waals surface area contributed by atoms with Gasteiger partial charge in [-0.15, -0.1) is 0 Å². The van der Waals surface area contributed by atoms with Crippen LogP contribution in [0.25, 0.3) is 11.3 Å². The predicted molar refractivity (Wildman–Crippen MR) is 110 cm³/mol. The van der Waals surface area contributed by atoms with Gasteiger partial charge in [-0.05, 0) is 62.0 Å². The van der Waals surface area contributed by atoms with Crippen LogP contribution in [0.5, 0.6) is 0 Å². The Morgan fingerprint density at radius 3 is 2.59 bits per heavy atom. The normalized spacial score (nSPS) is 21.6. The third kappa shape index (κ3) is 3.03. The first-order valence-corrected chi connectivity index (χ1v) is 9.94. The van der Waals surface area contributed by atoms with Gasteiger partial charge in [0.1, 0.15) is 11.5 Å². The van der Waals surface area contributed by atoms with Crippen molar-refractivity contribution in [2.75, 3.05) is 51.7 Å². The molecule has 4 heteroatoms. The second-order valence-corrected chi connectivity index (χ2v) is 7.99. The summed E-state index contributed by atoms with van der Waals surface area (Å²) in [6, 6.07) is 17.8. The Hall–Kier alpha value is -2.30. The number of hydrogen-bond acceptors (Lipinski definition) is 4. The average molecular weight is 361 g/mol. The standard InChI is InChI=1S/C23H27N3O/c1-24-12-14-26(15-13-24)19-8-6-17-10-11-25(2)23(20(17)16-19)22-9-7-18-4-3-5-21(18)27-22/h3-9,16,23H,10-15H2,1-2H3. The van der Waals surface area contributed by atoms with E-state index in [0.29, 0.717) is 0 Å². The SMILES string of the molecule is CN1CCN(c2ccc3c(c2)C(c2ccc4cccc-4o2)N(C)CC3)CC1. The minimum Gasteiger partial charge on any atom is -0.459 e. The lowest BCUT2D eigenvalue weighted by Crippen LogP contribution is -2.44. The van der Waals surface area contributed by atoms with Gasteiger partial charge in [-0.1, -0.05) is 18.2 Å². The molecule has 140 valence electrons. The highest BCUT2D eigenvalue weighted by Crippen LogP contribution is 2.38. The number of anilines is 1. The first-order valence-electron chi connectivity index (χ1n) is 9.94.